The highest BCUT2D eigenvalue weighted by atomic mass is 32.2. The van der Waals surface area contributed by atoms with Crippen molar-refractivity contribution in [3.63, 3.8) is 0 Å². The van der Waals surface area contributed by atoms with E-state index >= 15 is 0 Å². The first-order chi connectivity index (χ1) is 9.42. The monoisotopic (exact) mass is 269 g/mol. The van der Waals surface area contributed by atoms with Crippen LogP contribution in [0.15, 0.2) is 60.7 Å². The van der Waals surface area contributed by atoms with Gasteiger partial charge in [-0.05, 0) is 23.3 Å². The first kappa shape index (κ1) is 14.2. The van der Waals surface area contributed by atoms with Crippen molar-refractivity contribution < 1.29 is 0 Å². The highest BCUT2D eigenvalue weighted by Gasteiger charge is 2.13. The molecule has 99 valence electrons. The molecule has 1 heteroatoms. The van der Waals surface area contributed by atoms with Gasteiger partial charge < -0.3 is 0 Å². The van der Waals surface area contributed by atoms with Crippen molar-refractivity contribution >= 4 is 11.8 Å². The van der Waals surface area contributed by atoms with Gasteiger partial charge in [-0.2, -0.15) is 0 Å². The lowest BCUT2D eigenvalue weighted by molar-refractivity contribution is 0.820. The van der Waals surface area contributed by atoms with Crippen LogP contribution in [0.3, 0.4) is 0 Å². The molecule has 0 fully saturated rings. The van der Waals surface area contributed by atoms with Gasteiger partial charge >= 0.3 is 0 Å². The number of hydrogen-bond acceptors (Lipinski definition) is 1. The molecule has 0 amide bonds. The molecule has 0 aromatic heterocycles. The van der Waals surface area contributed by atoms with Crippen LogP contribution in [0.25, 0.3) is 0 Å². The van der Waals surface area contributed by atoms with Gasteiger partial charge in [-0.25, -0.2) is 0 Å². The maximum absolute atomic E-state index is 3.91. The van der Waals surface area contributed by atoms with E-state index in [0.29, 0.717) is 5.25 Å². The van der Waals surface area contributed by atoms with Crippen molar-refractivity contribution in [1.29, 1.82) is 0 Å². The molecule has 0 nitrogen and oxygen atoms in total. The third-order valence-electron chi connectivity index (χ3n) is 3.13. The molecule has 0 saturated heterocycles. The lowest BCUT2D eigenvalue weighted by Gasteiger charge is -2.17. The smallest absolute Gasteiger partial charge is 0.0546 e. The Hall–Kier alpha value is -1.21. The summed E-state index contributed by atoms with van der Waals surface area (Å²) in [6, 6.07) is 21.6. The van der Waals surface area contributed by atoms with E-state index in [4.69, 9.17) is 0 Å². The standard InChI is InChI=1S/C18H21S/c1-2-3-10-15-19-18(16-11-6-4-7-12-16)17-13-8-5-9-14-17/h4-9,11-14,18H,1-3,10,15H2. The van der Waals surface area contributed by atoms with Crippen LogP contribution in [-0.4, -0.2) is 5.75 Å². The Labute approximate surface area is 121 Å². The van der Waals surface area contributed by atoms with Crippen molar-refractivity contribution in [2.75, 3.05) is 5.75 Å². The van der Waals surface area contributed by atoms with Crippen molar-refractivity contribution in [3.8, 4) is 0 Å². The van der Waals surface area contributed by atoms with Gasteiger partial charge in [0.1, 0.15) is 0 Å². The van der Waals surface area contributed by atoms with E-state index in [1.165, 1.54) is 29.7 Å². The zero-order valence-electron chi connectivity index (χ0n) is 11.3. The first-order valence-corrected chi connectivity index (χ1v) is 7.97. The molecule has 2 rings (SSSR count). The minimum Gasteiger partial charge on any atom is -0.149 e. The molecule has 2 aromatic rings. The molecule has 2 aromatic carbocycles. The van der Waals surface area contributed by atoms with E-state index in [2.05, 4.69) is 67.6 Å². The van der Waals surface area contributed by atoms with Crippen LogP contribution in [0, 0.1) is 6.92 Å². The molecule has 0 aliphatic rings. The second kappa shape index (κ2) is 8.06. The van der Waals surface area contributed by atoms with Crippen LogP contribution >= 0.6 is 11.8 Å². The lowest BCUT2D eigenvalue weighted by Crippen LogP contribution is -1.98. The van der Waals surface area contributed by atoms with Crippen LogP contribution in [0.1, 0.15) is 35.6 Å². The van der Waals surface area contributed by atoms with Gasteiger partial charge in [-0.1, -0.05) is 80.4 Å². The average molecular weight is 269 g/mol. The van der Waals surface area contributed by atoms with Gasteiger partial charge in [0.15, 0.2) is 0 Å². The number of hydrogen-bond donors (Lipinski definition) is 0. The van der Waals surface area contributed by atoms with E-state index in [0.717, 1.165) is 6.42 Å². The number of benzene rings is 2. The van der Waals surface area contributed by atoms with Crippen LogP contribution in [0.2, 0.25) is 0 Å². The van der Waals surface area contributed by atoms with Gasteiger partial charge in [0.05, 0.1) is 5.25 Å². The summed E-state index contributed by atoms with van der Waals surface area (Å²) in [7, 11) is 0. The Morgan fingerprint density at radius 1 is 0.789 bits per heavy atom. The topological polar surface area (TPSA) is 0 Å². The van der Waals surface area contributed by atoms with E-state index < -0.39 is 0 Å². The zero-order chi connectivity index (χ0) is 13.3. The van der Waals surface area contributed by atoms with Crippen LogP contribution in [0.4, 0.5) is 0 Å². The molecule has 0 unspecified atom stereocenters. The van der Waals surface area contributed by atoms with Crippen LogP contribution in [-0.2, 0) is 0 Å². The number of thioether (sulfide) groups is 1. The van der Waals surface area contributed by atoms with Gasteiger partial charge in [0, 0.05) is 0 Å². The summed E-state index contributed by atoms with van der Waals surface area (Å²) >= 11 is 2.04. The SMILES string of the molecule is [CH2]CCCCSC(c1ccccc1)c1ccccc1. The summed E-state index contributed by atoms with van der Waals surface area (Å²) in [5.41, 5.74) is 2.79. The number of rotatable bonds is 7. The molecule has 0 spiro atoms. The van der Waals surface area contributed by atoms with E-state index in [-0.39, 0.29) is 0 Å². The van der Waals surface area contributed by atoms with Crippen molar-refractivity contribution in [2.45, 2.75) is 24.5 Å². The fourth-order valence-corrected chi connectivity index (χ4v) is 3.43. The predicted octanol–water partition coefficient (Wildman–Crippen LogP) is 5.51. The van der Waals surface area contributed by atoms with E-state index in [1.807, 2.05) is 11.8 Å². The minimum atomic E-state index is 0.451. The maximum atomic E-state index is 3.91. The van der Waals surface area contributed by atoms with E-state index in [9.17, 15) is 0 Å². The van der Waals surface area contributed by atoms with Gasteiger partial charge in [-0.3, -0.25) is 0 Å². The maximum Gasteiger partial charge on any atom is 0.0546 e. The minimum absolute atomic E-state index is 0.451. The fraction of sp³-hybridized carbons (Fsp3) is 0.278. The molecule has 0 heterocycles. The molecule has 0 saturated carbocycles. The second-order valence-electron chi connectivity index (χ2n) is 4.63. The summed E-state index contributed by atoms with van der Waals surface area (Å²) in [5, 5.41) is 0.451. The second-order valence-corrected chi connectivity index (χ2v) is 5.85. The molecule has 0 bridgehead atoms. The highest BCUT2D eigenvalue weighted by Crippen LogP contribution is 2.35. The lowest BCUT2D eigenvalue weighted by atomic mass is 10.0. The average Bonchev–Trinajstić information content (AvgIpc) is 2.49. The summed E-state index contributed by atoms with van der Waals surface area (Å²) in [6.07, 6.45) is 3.52. The first-order valence-electron chi connectivity index (χ1n) is 6.92. The molecule has 0 aliphatic heterocycles. The Morgan fingerprint density at radius 3 is 1.79 bits per heavy atom. The third-order valence-corrected chi connectivity index (χ3v) is 4.54. The number of unbranched alkanes of at least 4 members (excludes halogenated alkanes) is 2. The Morgan fingerprint density at radius 2 is 1.32 bits per heavy atom. The van der Waals surface area contributed by atoms with Crippen molar-refractivity contribution in [1.82, 2.24) is 0 Å². The van der Waals surface area contributed by atoms with Gasteiger partial charge in [0.25, 0.3) is 0 Å². The van der Waals surface area contributed by atoms with Gasteiger partial charge in [-0.15, -0.1) is 11.8 Å². The van der Waals surface area contributed by atoms with Crippen molar-refractivity contribution in [2.24, 2.45) is 0 Å². The zero-order valence-corrected chi connectivity index (χ0v) is 12.1. The Kier molecular flexibility index (Phi) is 6.03. The normalized spacial score (nSPS) is 10.8. The molecule has 1 radical (unpaired) electrons. The highest BCUT2D eigenvalue weighted by molar-refractivity contribution is 7.99. The molecular formula is C18H21S. The van der Waals surface area contributed by atoms with Crippen molar-refractivity contribution in [3.05, 3.63) is 78.7 Å². The quantitative estimate of drug-likeness (QED) is 0.597. The molecule has 0 N–H and O–H groups in total. The Balaban J connectivity index is 2.10. The summed E-state index contributed by atoms with van der Waals surface area (Å²) in [6.45, 7) is 3.91. The summed E-state index contributed by atoms with van der Waals surface area (Å²) < 4.78 is 0. The largest absolute Gasteiger partial charge is 0.149 e. The van der Waals surface area contributed by atoms with E-state index in [1.54, 1.807) is 0 Å². The Bertz CT molecular complexity index is 410. The van der Waals surface area contributed by atoms with Crippen LogP contribution < -0.4 is 0 Å². The summed E-state index contributed by atoms with van der Waals surface area (Å²) in [4.78, 5) is 0. The molecular weight excluding hydrogens is 248 g/mol. The van der Waals surface area contributed by atoms with Crippen LogP contribution in [0.5, 0.6) is 0 Å². The molecule has 19 heavy (non-hydrogen) atoms. The fourth-order valence-electron chi connectivity index (χ4n) is 2.12. The molecule has 0 atom stereocenters. The predicted molar refractivity (Wildman–Crippen MR) is 86.4 cm³/mol. The third kappa shape index (κ3) is 4.43. The summed E-state index contributed by atoms with van der Waals surface area (Å²) in [5.74, 6) is 1.20. The molecule has 0 aliphatic carbocycles. The van der Waals surface area contributed by atoms with Gasteiger partial charge in [0.2, 0.25) is 0 Å².